The molecule has 0 bridgehead atoms. The van der Waals surface area contributed by atoms with Gasteiger partial charge in [-0.2, -0.15) is 0 Å². The quantitative estimate of drug-likeness (QED) is 0.710. The molecule has 0 radical (unpaired) electrons. The van der Waals surface area contributed by atoms with Gasteiger partial charge in [-0.1, -0.05) is 19.3 Å². The van der Waals surface area contributed by atoms with Gasteiger partial charge in [0.1, 0.15) is 0 Å². The summed E-state index contributed by atoms with van der Waals surface area (Å²) in [7, 11) is 2.05. The molecule has 0 heterocycles. The van der Waals surface area contributed by atoms with E-state index in [9.17, 15) is 0 Å². The Kier molecular flexibility index (Phi) is 4.39. The van der Waals surface area contributed by atoms with Crippen LogP contribution in [0, 0.1) is 5.92 Å². The van der Waals surface area contributed by atoms with Gasteiger partial charge in [-0.05, 0) is 40.2 Å². The van der Waals surface area contributed by atoms with E-state index in [1.165, 1.54) is 25.7 Å². The number of ether oxygens (including phenoxy) is 1. The minimum atomic E-state index is -0.0287. The van der Waals surface area contributed by atoms with Crippen molar-refractivity contribution in [1.82, 2.24) is 5.32 Å². The molecule has 1 fully saturated rings. The van der Waals surface area contributed by atoms with Crippen LogP contribution in [0.4, 0.5) is 0 Å². The number of nitrogens with one attached hydrogen (secondary N) is 1. The van der Waals surface area contributed by atoms with Crippen LogP contribution in [0.15, 0.2) is 0 Å². The van der Waals surface area contributed by atoms with Crippen LogP contribution in [-0.4, -0.2) is 25.3 Å². The fourth-order valence-corrected chi connectivity index (χ4v) is 2.28. The summed E-state index contributed by atoms with van der Waals surface area (Å²) in [5.74, 6) is 0.937. The summed E-state index contributed by atoms with van der Waals surface area (Å²) < 4.78 is 5.79. The third-order valence-electron chi connectivity index (χ3n) is 3.50. The van der Waals surface area contributed by atoms with Gasteiger partial charge in [0.2, 0.25) is 0 Å². The summed E-state index contributed by atoms with van der Waals surface area (Å²) in [5.41, 5.74) is -0.0287. The molecule has 0 aliphatic heterocycles. The molecule has 1 N–H and O–H groups in total. The zero-order chi connectivity index (χ0) is 10.6. The Morgan fingerprint density at radius 2 is 2.07 bits per heavy atom. The van der Waals surface area contributed by atoms with Crippen LogP contribution in [0.1, 0.15) is 46.5 Å². The number of hydrogen-bond donors (Lipinski definition) is 1. The summed E-state index contributed by atoms with van der Waals surface area (Å²) in [4.78, 5) is 0. The first-order valence-electron chi connectivity index (χ1n) is 5.91. The lowest BCUT2D eigenvalue weighted by Gasteiger charge is -2.38. The van der Waals surface area contributed by atoms with E-state index in [1.807, 2.05) is 7.05 Å². The Hall–Kier alpha value is -0.0800. The van der Waals surface area contributed by atoms with Crippen molar-refractivity contribution in [2.24, 2.45) is 5.92 Å². The lowest BCUT2D eigenvalue weighted by molar-refractivity contribution is -0.0444. The first-order chi connectivity index (χ1) is 6.60. The van der Waals surface area contributed by atoms with E-state index < -0.39 is 0 Å². The molecule has 14 heavy (non-hydrogen) atoms. The Bertz CT molecular complexity index is 164. The molecule has 0 spiro atoms. The van der Waals surface area contributed by atoms with Gasteiger partial charge >= 0.3 is 0 Å². The van der Waals surface area contributed by atoms with E-state index in [-0.39, 0.29) is 5.60 Å². The first kappa shape index (κ1) is 12.0. The first-order valence-corrected chi connectivity index (χ1v) is 5.91. The van der Waals surface area contributed by atoms with Crippen molar-refractivity contribution in [3.05, 3.63) is 0 Å². The zero-order valence-electron chi connectivity index (χ0n) is 10.1. The Morgan fingerprint density at radius 1 is 1.43 bits per heavy atom. The third-order valence-corrected chi connectivity index (χ3v) is 3.50. The highest BCUT2D eigenvalue weighted by molar-refractivity contribution is 4.88. The molecule has 2 heteroatoms. The van der Waals surface area contributed by atoms with Crippen molar-refractivity contribution in [2.75, 3.05) is 13.7 Å². The van der Waals surface area contributed by atoms with E-state index in [4.69, 9.17) is 4.74 Å². The standard InChI is InChI=1S/C12H25NO/c1-5-14-12(2,3)11(13-4)9-10-7-6-8-10/h10-11,13H,5-9H2,1-4H3. The molecule has 1 atom stereocenters. The summed E-state index contributed by atoms with van der Waals surface area (Å²) in [6, 6.07) is 0.493. The van der Waals surface area contributed by atoms with Crippen LogP contribution in [0.5, 0.6) is 0 Å². The molecule has 1 aliphatic rings. The van der Waals surface area contributed by atoms with Crippen LogP contribution < -0.4 is 5.32 Å². The lowest BCUT2D eigenvalue weighted by Crippen LogP contribution is -2.48. The predicted octanol–water partition coefficient (Wildman–Crippen LogP) is 2.58. The molecule has 1 unspecified atom stereocenters. The maximum absolute atomic E-state index is 5.79. The van der Waals surface area contributed by atoms with Crippen LogP contribution in [0.2, 0.25) is 0 Å². The molecule has 0 aromatic carbocycles. The molecule has 84 valence electrons. The lowest BCUT2D eigenvalue weighted by atomic mass is 9.78. The minimum absolute atomic E-state index is 0.0287. The smallest absolute Gasteiger partial charge is 0.0778 e. The van der Waals surface area contributed by atoms with Crippen LogP contribution in [0.25, 0.3) is 0 Å². The highest BCUT2D eigenvalue weighted by Gasteiger charge is 2.32. The molecule has 2 nitrogen and oxygen atoms in total. The summed E-state index contributed by atoms with van der Waals surface area (Å²) >= 11 is 0. The Labute approximate surface area is 88.4 Å². The van der Waals surface area contributed by atoms with Gasteiger partial charge in [-0.25, -0.2) is 0 Å². The van der Waals surface area contributed by atoms with Gasteiger partial charge in [-0.15, -0.1) is 0 Å². The zero-order valence-corrected chi connectivity index (χ0v) is 10.1. The third kappa shape index (κ3) is 2.96. The van der Waals surface area contributed by atoms with E-state index in [2.05, 4.69) is 26.1 Å². The van der Waals surface area contributed by atoms with Crippen molar-refractivity contribution in [3.8, 4) is 0 Å². The van der Waals surface area contributed by atoms with Gasteiger partial charge in [0.05, 0.1) is 5.60 Å². The topological polar surface area (TPSA) is 21.3 Å². The van der Waals surface area contributed by atoms with E-state index in [0.29, 0.717) is 6.04 Å². The minimum Gasteiger partial charge on any atom is -0.374 e. The SMILES string of the molecule is CCOC(C)(C)C(CC1CCC1)NC. The second-order valence-electron chi connectivity index (χ2n) is 4.91. The van der Waals surface area contributed by atoms with E-state index in [0.717, 1.165) is 12.5 Å². The second kappa shape index (κ2) is 5.13. The molecule has 0 amide bonds. The normalized spacial score (nSPS) is 20.6. The van der Waals surface area contributed by atoms with Gasteiger partial charge < -0.3 is 10.1 Å². The van der Waals surface area contributed by atoms with E-state index >= 15 is 0 Å². The number of hydrogen-bond acceptors (Lipinski definition) is 2. The molecule has 1 rings (SSSR count). The van der Waals surface area contributed by atoms with Gasteiger partial charge in [0, 0.05) is 12.6 Å². The fourth-order valence-electron chi connectivity index (χ4n) is 2.28. The van der Waals surface area contributed by atoms with Crippen molar-refractivity contribution in [1.29, 1.82) is 0 Å². The monoisotopic (exact) mass is 199 g/mol. The summed E-state index contributed by atoms with van der Waals surface area (Å²) in [6.07, 6.45) is 5.53. The molecule has 1 saturated carbocycles. The molecule has 0 saturated heterocycles. The Balaban J connectivity index is 2.41. The molecule has 1 aliphatic carbocycles. The van der Waals surface area contributed by atoms with Crippen LogP contribution in [0.3, 0.4) is 0 Å². The van der Waals surface area contributed by atoms with E-state index in [1.54, 1.807) is 0 Å². The van der Waals surface area contributed by atoms with Crippen molar-refractivity contribution in [3.63, 3.8) is 0 Å². The highest BCUT2D eigenvalue weighted by Crippen LogP contribution is 2.33. The average Bonchev–Trinajstić information content (AvgIpc) is 2.01. The van der Waals surface area contributed by atoms with Crippen molar-refractivity contribution in [2.45, 2.75) is 58.1 Å². The summed E-state index contributed by atoms with van der Waals surface area (Å²) in [5, 5.41) is 3.40. The fraction of sp³-hybridized carbons (Fsp3) is 1.00. The summed E-state index contributed by atoms with van der Waals surface area (Å²) in [6.45, 7) is 7.25. The predicted molar refractivity (Wildman–Crippen MR) is 60.5 cm³/mol. The maximum Gasteiger partial charge on any atom is 0.0778 e. The van der Waals surface area contributed by atoms with Gasteiger partial charge in [0.15, 0.2) is 0 Å². The van der Waals surface area contributed by atoms with Gasteiger partial charge in [0.25, 0.3) is 0 Å². The molecule has 0 aromatic rings. The van der Waals surface area contributed by atoms with Crippen molar-refractivity contribution < 1.29 is 4.74 Å². The number of rotatable bonds is 6. The van der Waals surface area contributed by atoms with Crippen molar-refractivity contribution >= 4 is 0 Å². The maximum atomic E-state index is 5.79. The largest absolute Gasteiger partial charge is 0.374 e. The average molecular weight is 199 g/mol. The number of likely N-dealkylation sites (N-methyl/N-ethyl adjacent to an activating group) is 1. The molecule has 0 aromatic heterocycles. The second-order valence-corrected chi connectivity index (χ2v) is 4.91. The molecular formula is C12H25NO. The molecular weight excluding hydrogens is 174 g/mol. The van der Waals surface area contributed by atoms with Crippen LogP contribution >= 0.6 is 0 Å². The van der Waals surface area contributed by atoms with Crippen LogP contribution in [-0.2, 0) is 4.74 Å². The van der Waals surface area contributed by atoms with Gasteiger partial charge in [-0.3, -0.25) is 0 Å². The highest BCUT2D eigenvalue weighted by atomic mass is 16.5. The Morgan fingerprint density at radius 3 is 2.43 bits per heavy atom.